The smallest absolute Gasteiger partial charge is 0.337 e. The Labute approximate surface area is 157 Å². The van der Waals surface area contributed by atoms with Crippen LogP contribution in [0, 0.1) is 34.5 Å². The lowest BCUT2D eigenvalue weighted by Crippen LogP contribution is -2.54. The third-order valence-electron chi connectivity index (χ3n) is 8.35. The summed E-state index contributed by atoms with van der Waals surface area (Å²) in [6.45, 7) is 16.3. The van der Waals surface area contributed by atoms with Crippen molar-refractivity contribution in [1.29, 1.82) is 0 Å². The van der Waals surface area contributed by atoms with Crippen molar-refractivity contribution in [3.63, 3.8) is 0 Å². The molecule has 0 unspecified atom stereocenters. The molecule has 0 aliphatic heterocycles. The minimum Gasteiger partial charge on any atom is -0.460 e. The maximum atomic E-state index is 13.0. The van der Waals surface area contributed by atoms with Gasteiger partial charge in [0.1, 0.15) is 6.10 Å². The Balaban J connectivity index is 2.16. The van der Waals surface area contributed by atoms with Gasteiger partial charge in [0, 0.05) is 5.41 Å². The molecule has 3 rings (SSSR count). The van der Waals surface area contributed by atoms with Crippen molar-refractivity contribution in [2.24, 2.45) is 34.5 Å². The summed E-state index contributed by atoms with van der Waals surface area (Å²) in [5.74, 6) is 0.680. The number of hydrogen-bond acceptors (Lipinski definition) is 2. The van der Waals surface area contributed by atoms with Gasteiger partial charge in [-0.3, -0.25) is 0 Å². The molecule has 0 aromatic rings. The lowest BCUT2D eigenvalue weighted by Gasteiger charge is -2.57. The van der Waals surface area contributed by atoms with Gasteiger partial charge in [0.2, 0.25) is 0 Å². The number of carbonyl (C=O) groups is 1. The predicted octanol–water partition coefficient (Wildman–Crippen LogP) is 5.65. The Morgan fingerprint density at radius 1 is 1.46 bits per heavy atom. The standard InChI is InChI=1S/C23H33FO2/c1-7-14(2)18-12-19(26-20(25)13-24)22(6)16(4)9-11-23(17(18)5)10-8-15(3)21(22)23/h7-8,16-19,21H,1-2,9-13H2,3-6H3/t16-,17+,18+,19-,21+,22+,23-/m1/s1. The zero-order valence-electron chi connectivity index (χ0n) is 16.7. The van der Waals surface area contributed by atoms with Crippen LogP contribution in [0.5, 0.6) is 0 Å². The monoisotopic (exact) mass is 360 g/mol. The number of alkyl halides is 1. The zero-order chi connectivity index (χ0) is 19.3. The van der Waals surface area contributed by atoms with E-state index in [-0.39, 0.29) is 22.9 Å². The topological polar surface area (TPSA) is 26.3 Å². The minimum atomic E-state index is -1.06. The second-order valence-electron chi connectivity index (χ2n) is 9.15. The lowest BCUT2D eigenvalue weighted by atomic mass is 9.48. The summed E-state index contributed by atoms with van der Waals surface area (Å²) in [7, 11) is 0. The highest BCUT2D eigenvalue weighted by Crippen LogP contribution is 2.69. The molecule has 0 heterocycles. The largest absolute Gasteiger partial charge is 0.460 e. The summed E-state index contributed by atoms with van der Waals surface area (Å²) >= 11 is 0. The molecule has 26 heavy (non-hydrogen) atoms. The molecule has 2 nitrogen and oxygen atoms in total. The molecule has 0 aromatic heterocycles. The zero-order valence-corrected chi connectivity index (χ0v) is 16.7. The second-order valence-corrected chi connectivity index (χ2v) is 9.15. The number of carbonyl (C=O) groups excluding carboxylic acids is 1. The number of allylic oxidation sites excluding steroid dienone is 4. The first kappa shape index (κ1) is 19.4. The summed E-state index contributed by atoms with van der Waals surface area (Å²) in [6.07, 6.45) is 8.05. The van der Waals surface area contributed by atoms with Crippen molar-refractivity contribution in [2.75, 3.05) is 6.67 Å². The normalized spacial score (nSPS) is 44.5. The Bertz CT molecular complexity index is 651. The van der Waals surface area contributed by atoms with Crippen molar-refractivity contribution in [2.45, 2.75) is 59.5 Å². The molecule has 7 atom stereocenters. The summed E-state index contributed by atoms with van der Waals surface area (Å²) in [4.78, 5) is 11.9. The third kappa shape index (κ3) is 2.53. The number of hydrogen-bond donors (Lipinski definition) is 0. The molecule has 2 fully saturated rings. The second kappa shape index (κ2) is 6.65. The fourth-order valence-corrected chi connectivity index (χ4v) is 6.74. The van der Waals surface area contributed by atoms with E-state index in [1.54, 1.807) is 0 Å². The van der Waals surface area contributed by atoms with Crippen LogP contribution < -0.4 is 0 Å². The molecule has 3 heteroatoms. The first-order valence-corrected chi connectivity index (χ1v) is 9.95. The van der Waals surface area contributed by atoms with E-state index in [1.807, 2.05) is 6.08 Å². The summed E-state index contributed by atoms with van der Waals surface area (Å²) in [5, 5.41) is 0. The molecule has 0 aromatic carbocycles. The van der Waals surface area contributed by atoms with Crippen molar-refractivity contribution in [1.82, 2.24) is 0 Å². The molecule has 0 radical (unpaired) electrons. The molecule has 0 spiro atoms. The summed E-state index contributed by atoms with van der Waals surface area (Å²) in [5.41, 5.74) is 2.43. The van der Waals surface area contributed by atoms with Gasteiger partial charge >= 0.3 is 5.97 Å². The Morgan fingerprint density at radius 3 is 2.77 bits per heavy atom. The molecule has 144 valence electrons. The summed E-state index contributed by atoms with van der Waals surface area (Å²) in [6, 6.07) is 0. The Kier molecular flexibility index (Phi) is 4.96. The van der Waals surface area contributed by atoms with Crippen LogP contribution >= 0.6 is 0 Å². The van der Waals surface area contributed by atoms with Crippen molar-refractivity contribution in [3.05, 3.63) is 36.5 Å². The first-order valence-electron chi connectivity index (χ1n) is 9.95. The molecular weight excluding hydrogens is 327 g/mol. The number of esters is 1. The van der Waals surface area contributed by atoms with Crippen LogP contribution in [0.1, 0.15) is 53.4 Å². The highest BCUT2D eigenvalue weighted by atomic mass is 19.1. The molecule has 2 saturated carbocycles. The van der Waals surface area contributed by atoms with Gasteiger partial charge in [0.05, 0.1) is 0 Å². The highest BCUT2D eigenvalue weighted by Gasteiger charge is 2.65. The molecule has 3 aliphatic rings. The predicted molar refractivity (Wildman–Crippen MR) is 103 cm³/mol. The fraction of sp³-hybridized carbons (Fsp3) is 0.696. The van der Waals surface area contributed by atoms with Gasteiger partial charge in [-0.1, -0.05) is 57.2 Å². The average Bonchev–Trinajstić information content (AvgIpc) is 2.96. The van der Waals surface area contributed by atoms with Crippen LogP contribution in [-0.4, -0.2) is 18.7 Å². The van der Waals surface area contributed by atoms with E-state index < -0.39 is 12.6 Å². The quantitative estimate of drug-likeness (QED) is 0.368. The van der Waals surface area contributed by atoms with Gasteiger partial charge in [0.15, 0.2) is 6.67 Å². The third-order valence-corrected chi connectivity index (χ3v) is 8.35. The van der Waals surface area contributed by atoms with Gasteiger partial charge in [-0.2, -0.15) is 0 Å². The molecule has 0 N–H and O–H groups in total. The number of ether oxygens (including phenoxy) is 1. The SMILES string of the molecule is C=CC(=C)[C@@H]1C[C@@H](OC(=O)CF)[C@]2(C)[C@H](C)CC[C@]3(CC=C(C)[C@H]32)[C@H]1C. The van der Waals surface area contributed by atoms with Crippen LogP contribution in [-0.2, 0) is 9.53 Å². The molecule has 2 bridgehead atoms. The fourth-order valence-electron chi connectivity index (χ4n) is 6.74. The maximum Gasteiger partial charge on any atom is 0.337 e. The lowest BCUT2D eigenvalue weighted by molar-refractivity contribution is -0.170. The van der Waals surface area contributed by atoms with E-state index >= 15 is 0 Å². The van der Waals surface area contributed by atoms with E-state index in [0.29, 0.717) is 24.2 Å². The van der Waals surface area contributed by atoms with Crippen LogP contribution in [0.15, 0.2) is 36.5 Å². The molecule has 3 aliphatic carbocycles. The van der Waals surface area contributed by atoms with E-state index in [0.717, 1.165) is 18.4 Å². The maximum absolute atomic E-state index is 13.0. The van der Waals surface area contributed by atoms with Crippen molar-refractivity contribution < 1.29 is 13.9 Å². The molecule has 0 saturated heterocycles. The number of halogens is 1. The van der Waals surface area contributed by atoms with Crippen LogP contribution in [0.3, 0.4) is 0 Å². The molecular formula is C23H33FO2. The van der Waals surface area contributed by atoms with Crippen LogP contribution in [0.4, 0.5) is 4.39 Å². The molecule has 0 amide bonds. The minimum absolute atomic E-state index is 0.176. The van der Waals surface area contributed by atoms with Gasteiger partial charge in [-0.15, -0.1) is 0 Å². The van der Waals surface area contributed by atoms with Crippen LogP contribution in [0.2, 0.25) is 0 Å². The number of rotatable bonds is 4. The van der Waals surface area contributed by atoms with E-state index in [2.05, 4.69) is 46.9 Å². The van der Waals surface area contributed by atoms with Gasteiger partial charge in [-0.25, -0.2) is 9.18 Å². The Morgan fingerprint density at radius 2 is 2.15 bits per heavy atom. The highest BCUT2D eigenvalue weighted by molar-refractivity contribution is 5.70. The summed E-state index contributed by atoms with van der Waals surface area (Å²) < 4.78 is 18.8. The van der Waals surface area contributed by atoms with Gasteiger partial charge in [0.25, 0.3) is 0 Å². The van der Waals surface area contributed by atoms with Crippen molar-refractivity contribution in [3.8, 4) is 0 Å². The van der Waals surface area contributed by atoms with Crippen molar-refractivity contribution >= 4 is 5.97 Å². The van der Waals surface area contributed by atoms with Crippen LogP contribution in [0.25, 0.3) is 0 Å². The Hall–Kier alpha value is -1.38. The van der Waals surface area contributed by atoms with E-state index in [4.69, 9.17) is 4.74 Å². The van der Waals surface area contributed by atoms with E-state index in [9.17, 15) is 9.18 Å². The van der Waals surface area contributed by atoms with Gasteiger partial charge in [-0.05, 0) is 61.7 Å². The van der Waals surface area contributed by atoms with E-state index in [1.165, 1.54) is 12.0 Å². The first-order chi connectivity index (χ1) is 12.2. The average molecular weight is 361 g/mol. The van der Waals surface area contributed by atoms with Gasteiger partial charge < -0.3 is 4.74 Å².